The molecule has 5 heteroatoms. The van der Waals surface area contributed by atoms with Gasteiger partial charge in [-0.1, -0.05) is 13.8 Å². The maximum Gasteiger partial charge on any atom is 0.289 e. The average Bonchev–Trinajstić information content (AvgIpc) is 2.28. The summed E-state index contributed by atoms with van der Waals surface area (Å²) in [6.45, 7) is 4.85. The minimum Gasteiger partial charge on any atom is -0.494 e. The van der Waals surface area contributed by atoms with Crippen LogP contribution in [0.15, 0.2) is 12.0 Å². The van der Waals surface area contributed by atoms with E-state index in [4.69, 9.17) is 14.6 Å². The van der Waals surface area contributed by atoms with E-state index in [0.717, 1.165) is 6.42 Å². The van der Waals surface area contributed by atoms with Gasteiger partial charge < -0.3 is 19.9 Å². The highest BCUT2D eigenvalue weighted by Crippen LogP contribution is 2.08. The van der Waals surface area contributed by atoms with Gasteiger partial charge >= 0.3 is 0 Å². The molecule has 0 saturated heterocycles. The van der Waals surface area contributed by atoms with Crippen LogP contribution < -0.4 is 5.32 Å². The molecule has 1 amide bonds. The minimum absolute atomic E-state index is 0.0714. The van der Waals surface area contributed by atoms with Crippen LogP contribution in [0.25, 0.3) is 0 Å². The van der Waals surface area contributed by atoms with Gasteiger partial charge in [0.15, 0.2) is 0 Å². The highest BCUT2D eigenvalue weighted by atomic mass is 16.6. The summed E-state index contributed by atoms with van der Waals surface area (Å²) in [6.07, 6.45) is 2.04. The lowest BCUT2D eigenvalue weighted by atomic mass is 10.0. The van der Waals surface area contributed by atoms with Crippen LogP contribution in [0, 0.1) is 5.92 Å². The zero-order chi connectivity index (χ0) is 12.0. The second kappa shape index (κ2) is 6.37. The molecule has 0 saturated carbocycles. The maximum atomic E-state index is 11.7. The molecule has 16 heavy (non-hydrogen) atoms. The van der Waals surface area contributed by atoms with E-state index in [0.29, 0.717) is 19.1 Å². The molecule has 1 aliphatic rings. The number of carbonyl (C=O) groups excluding carboxylic acids is 1. The smallest absolute Gasteiger partial charge is 0.289 e. The summed E-state index contributed by atoms with van der Waals surface area (Å²) in [4.78, 5) is 11.7. The van der Waals surface area contributed by atoms with Crippen molar-refractivity contribution in [3.8, 4) is 0 Å². The molecule has 1 unspecified atom stereocenters. The van der Waals surface area contributed by atoms with E-state index in [9.17, 15) is 4.79 Å². The van der Waals surface area contributed by atoms with Crippen molar-refractivity contribution < 1.29 is 19.4 Å². The van der Waals surface area contributed by atoms with Crippen molar-refractivity contribution in [2.24, 2.45) is 5.92 Å². The van der Waals surface area contributed by atoms with Crippen LogP contribution in [0.2, 0.25) is 0 Å². The Morgan fingerprint density at radius 3 is 2.81 bits per heavy atom. The van der Waals surface area contributed by atoms with Crippen molar-refractivity contribution >= 4 is 5.91 Å². The van der Waals surface area contributed by atoms with Gasteiger partial charge in [-0.3, -0.25) is 4.79 Å². The molecule has 1 heterocycles. The first-order chi connectivity index (χ1) is 7.63. The lowest BCUT2D eigenvalue weighted by Gasteiger charge is -2.20. The Morgan fingerprint density at radius 2 is 2.31 bits per heavy atom. The molecule has 0 aromatic rings. The molecule has 0 spiro atoms. The van der Waals surface area contributed by atoms with Crippen LogP contribution in [0.5, 0.6) is 0 Å². The second-order valence-electron chi connectivity index (χ2n) is 4.18. The van der Waals surface area contributed by atoms with E-state index in [1.807, 2.05) is 13.8 Å². The molecule has 5 nitrogen and oxygen atoms in total. The normalized spacial score (nSPS) is 17.1. The van der Waals surface area contributed by atoms with E-state index in [1.54, 1.807) is 0 Å². The van der Waals surface area contributed by atoms with Crippen molar-refractivity contribution in [1.29, 1.82) is 0 Å². The molecule has 0 radical (unpaired) electrons. The highest BCUT2D eigenvalue weighted by molar-refractivity contribution is 5.91. The topological polar surface area (TPSA) is 67.8 Å². The van der Waals surface area contributed by atoms with E-state index in [-0.39, 0.29) is 24.3 Å². The summed E-state index contributed by atoms with van der Waals surface area (Å²) in [7, 11) is 0. The van der Waals surface area contributed by atoms with Crippen molar-refractivity contribution in [1.82, 2.24) is 5.32 Å². The zero-order valence-electron chi connectivity index (χ0n) is 9.73. The first-order valence-electron chi connectivity index (χ1n) is 5.49. The predicted molar refractivity (Wildman–Crippen MR) is 58.5 cm³/mol. The SMILES string of the molecule is CC(C)CC(CO)NC(=O)C1=COCCO1. The number of aliphatic hydroxyl groups is 1. The van der Waals surface area contributed by atoms with Crippen molar-refractivity contribution in [2.45, 2.75) is 26.3 Å². The van der Waals surface area contributed by atoms with Gasteiger partial charge in [0.2, 0.25) is 5.76 Å². The van der Waals surface area contributed by atoms with Crippen LogP contribution in [0.4, 0.5) is 0 Å². The Bertz CT molecular complexity index is 263. The summed E-state index contributed by atoms with van der Waals surface area (Å²) in [5.41, 5.74) is 0. The van der Waals surface area contributed by atoms with Gasteiger partial charge in [-0.25, -0.2) is 0 Å². The molecule has 0 aromatic carbocycles. The molecule has 92 valence electrons. The Labute approximate surface area is 95.4 Å². The number of ether oxygens (including phenoxy) is 2. The third-order valence-electron chi connectivity index (χ3n) is 2.18. The standard InChI is InChI=1S/C11H19NO4/c1-8(2)5-9(6-13)12-11(14)10-7-15-3-4-16-10/h7-9,13H,3-6H2,1-2H3,(H,12,14). The van der Waals surface area contributed by atoms with Crippen molar-refractivity contribution in [3.05, 3.63) is 12.0 Å². The fourth-order valence-corrected chi connectivity index (χ4v) is 1.49. The minimum atomic E-state index is -0.334. The van der Waals surface area contributed by atoms with E-state index < -0.39 is 0 Å². The molecule has 1 atom stereocenters. The molecule has 1 aliphatic heterocycles. The van der Waals surface area contributed by atoms with Gasteiger partial charge in [-0.05, 0) is 12.3 Å². The largest absolute Gasteiger partial charge is 0.494 e. The number of rotatable bonds is 5. The lowest BCUT2D eigenvalue weighted by Crippen LogP contribution is -2.40. The Balaban J connectivity index is 2.44. The first-order valence-corrected chi connectivity index (χ1v) is 5.49. The monoisotopic (exact) mass is 229 g/mol. The number of nitrogens with one attached hydrogen (secondary N) is 1. The van der Waals surface area contributed by atoms with Crippen LogP contribution in [0.3, 0.4) is 0 Å². The molecule has 0 aromatic heterocycles. The quantitative estimate of drug-likeness (QED) is 0.716. The number of carbonyl (C=O) groups is 1. The predicted octanol–water partition coefficient (Wildman–Crippen LogP) is 0.398. The first kappa shape index (κ1) is 12.8. The third kappa shape index (κ3) is 4.10. The van der Waals surface area contributed by atoms with Gasteiger partial charge in [0, 0.05) is 0 Å². The van der Waals surface area contributed by atoms with Crippen LogP contribution >= 0.6 is 0 Å². The third-order valence-corrected chi connectivity index (χ3v) is 2.18. The highest BCUT2D eigenvalue weighted by Gasteiger charge is 2.19. The number of aliphatic hydroxyl groups excluding tert-OH is 1. The Kier molecular flexibility index (Phi) is 5.11. The van der Waals surface area contributed by atoms with Gasteiger partial charge in [0.05, 0.1) is 12.6 Å². The molecule has 0 fully saturated rings. The van der Waals surface area contributed by atoms with Crippen LogP contribution in [-0.2, 0) is 14.3 Å². The lowest BCUT2D eigenvalue weighted by molar-refractivity contribution is -0.123. The van der Waals surface area contributed by atoms with Crippen molar-refractivity contribution in [3.63, 3.8) is 0 Å². The number of hydrogen-bond donors (Lipinski definition) is 2. The van der Waals surface area contributed by atoms with Gasteiger partial charge in [0.1, 0.15) is 19.5 Å². The average molecular weight is 229 g/mol. The van der Waals surface area contributed by atoms with Crippen LogP contribution in [-0.4, -0.2) is 36.9 Å². The van der Waals surface area contributed by atoms with E-state index in [1.165, 1.54) is 6.26 Å². The fraction of sp³-hybridized carbons (Fsp3) is 0.727. The van der Waals surface area contributed by atoms with Gasteiger partial charge in [-0.15, -0.1) is 0 Å². The molecule has 0 bridgehead atoms. The molecule has 0 aliphatic carbocycles. The number of amides is 1. The summed E-state index contributed by atoms with van der Waals surface area (Å²) in [5, 5.41) is 11.8. The molecule has 1 rings (SSSR count). The maximum absolute atomic E-state index is 11.7. The fourth-order valence-electron chi connectivity index (χ4n) is 1.49. The van der Waals surface area contributed by atoms with E-state index >= 15 is 0 Å². The summed E-state index contributed by atoms with van der Waals surface area (Å²) in [5.74, 6) is 0.253. The second-order valence-corrected chi connectivity index (χ2v) is 4.18. The Morgan fingerprint density at radius 1 is 1.56 bits per heavy atom. The molecular formula is C11H19NO4. The molecule has 2 N–H and O–H groups in total. The zero-order valence-corrected chi connectivity index (χ0v) is 9.73. The summed E-state index contributed by atoms with van der Waals surface area (Å²) >= 11 is 0. The summed E-state index contributed by atoms with van der Waals surface area (Å²) < 4.78 is 10.1. The van der Waals surface area contributed by atoms with E-state index in [2.05, 4.69) is 5.32 Å². The van der Waals surface area contributed by atoms with Gasteiger partial charge in [0.25, 0.3) is 5.91 Å². The summed E-state index contributed by atoms with van der Waals surface area (Å²) in [6, 6.07) is -0.237. The van der Waals surface area contributed by atoms with Crippen LogP contribution in [0.1, 0.15) is 20.3 Å². The van der Waals surface area contributed by atoms with Crippen molar-refractivity contribution in [2.75, 3.05) is 19.8 Å². The van der Waals surface area contributed by atoms with Gasteiger partial charge in [-0.2, -0.15) is 0 Å². The molecular weight excluding hydrogens is 210 g/mol. The number of hydrogen-bond acceptors (Lipinski definition) is 4. The Hall–Kier alpha value is -1.23.